The van der Waals surface area contributed by atoms with E-state index in [0.717, 1.165) is 71.0 Å². The Kier molecular flexibility index (Phi) is 9.20. The zero-order valence-electron chi connectivity index (χ0n) is 26.6. The molecule has 240 valence electrons. The molecular formula is C35H41N7O4. The van der Waals surface area contributed by atoms with Crippen LogP contribution in [0.1, 0.15) is 33.1 Å². The molecule has 1 saturated heterocycles. The largest absolute Gasteiger partial charge is 0.494 e. The summed E-state index contributed by atoms with van der Waals surface area (Å²) < 4.78 is 5.95. The second-order valence-electron chi connectivity index (χ2n) is 12.0. The molecule has 0 spiro atoms. The number of imidazole rings is 2. The second-order valence-corrected chi connectivity index (χ2v) is 12.0. The number of hydrogen-bond donors (Lipinski definition) is 3. The molecule has 3 N–H and O–H groups in total. The van der Waals surface area contributed by atoms with E-state index in [-0.39, 0.29) is 12.3 Å². The van der Waals surface area contributed by atoms with Gasteiger partial charge in [0.1, 0.15) is 23.4 Å². The number of aromatic nitrogens is 4. The number of carboxylic acid groups (broad SMARTS) is 1. The first-order chi connectivity index (χ1) is 22.3. The Labute approximate surface area is 268 Å². The van der Waals surface area contributed by atoms with Crippen molar-refractivity contribution in [3.8, 4) is 28.5 Å². The van der Waals surface area contributed by atoms with Crippen molar-refractivity contribution in [1.82, 2.24) is 29.7 Å². The number of ether oxygens (including phenoxy) is 1. The van der Waals surface area contributed by atoms with Crippen LogP contribution in [-0.4, -0.2) is 99.1 Å². The summed E-state index contributed by atoms with van der Waals surface area (Å²) in [4.78, 5) is 46.9. The summed E-state index contributed by atoms with van der Waals surface area (Å²) in [5.41, 5.74) is 6.78. The zero-order valence-corrected chi connectivity index (χ0v) is 26.6. The quantitative estimate of drug-likeness (QED) is 0.158. The number of carboxylic acids is 1. The van der Waals surface area contributed by atoms with Crippen LogP contribution in [0.4, 0.5) is 5.69 Å². The van der Waals surface area contributed by atoms with Gasteiger partial charge in [-0.3, -0.25) is 4.79 Å². The number of aliphatic carboxylic acids is 1. The first kappa shape index (κ1) is 31.1. The summed E-state index contributed by atoms with van der Waals surface area (Å²) in [7, 11) is 2.16. The fraction of sp³-hybridized carbons (Fsp3) is 0.371. The van der Waals surface area contributed by atoms with E-state index in [4.69, 9.17) is 14.7 Å². The van der Waals surface area contributed by atoms with Crippen molar-refractivity contribution in [3.05, 3.63) is 60.7 Å². The molecule has 0 aliphatic carbocycles. The molecule has 1 aliphatic heterocycles. The number of likely N-dealkylation sites (N-methyl/N-ethyl adjacent to an activating group) is 1. The molecule has 3 heterocycles. The molecule has 5 aromatic rings. The highest BCUT2D eigenvalue weighted by atomic mass is 16.5. The van der Waals surface area contributed by atoms with E-state index >= 15 is 0 Å². The van der Waals surface area contributed by atoms with E-state index < -0.39 is 12.0 Å². The van der Waals surface area contributed by atoms with Crippen molar-refractivity contribution in [3.63, 3.8) is 0 Å². The number of nitrogens with one attached hydrogen (secondary N) is 2. The standard InChI is InChI=1S/C35H41N7O4/c1-4-14-42(23(2)35(44)45)32(43)9-6-19-46-27-8-5-7-24(20-27)33-36-28-12-10-25(21-30(28)38-33)34-37-29-13-11-26(22-31(29)39-34)41-17-15-40(3)16-18-41/h5,7-8,10-13,20-23H,4,6,9,14-19H2,1-3H3,(H,36,38)(H,37,39)(H,44,45)/t23-/m1/s1. The van der Waals surface area contributed by atoms with Gasteiger partial charge in [0, 0.05) is 56.0 Å². The predicted molar refractivity (Wildman–Crippen MR) is 180 cm³/mol. The van der Waals surface area contributed by atoms with Gasteiger partial charge >= 0.3 is 5.97 Å². The first-order valence-corrected chi connectivity index (χ1v) is 16.0. The number of piperazine rings is 1. The SMILES string of the molecule is CCCN(C(=O)CCCOc1cccc(-c2nc3ccc(-c4nc5cc(N6CCN(C)CC6)ccc5[nH]4)cc3[nH]2)c1)[C@H](C)C(=O)O. The third-order valence-corrected chi connectivity index (χ3v) is 8.61. The summed E-state index contributed by atoms with van der Waals surface area (Å²) in [6, 6.07) is 19.4. The average molecular weight is 624 g/mol. The molecule has 1 amide bonds. The van der Waals surface area contributed by atoms with Crippen molar-refractivity contribution in [1.29, 1.82) is 0 Å². The van der Waals surface area contributed by atoms with E-state index in [0.29, 0.717) is 31.7 Å². The number of aromatic amines is 2. The number of anilines is 1. The van der Waals surface area contributed by atoms with E-state index in [2.05, 4.69) is 51.1 Å². The van der Waals surface area contributed by atoms with Crippen molar-refractivity contribution >= 4 is 39.6 Å². The zero-order chi connectivity index (χ0) is 32.2. The summed E-state index contributed by atoms with van der Waals surface area (Å²) in [6.07, 6.45) is 1.42. The van der Waals surface area contributed by atoms with E-state index in [1.807, 2.05) is 43.3 Å². The minimum Gasteiger partial charge on any atom is -0.494 e. The Bertz CT molecular complexity index is 1840. The lowest BCUT2D eigenvalue weighted by molar-refractivity contribution is -0.149. The first-order valence-electron chi connectivity index (χ1n) is 16.0. The Hall–Kier alpha value is -4.90. The molecule has 6 rings (SSSR count). The minimum atomic E-state index is -0.999. The van der Waals surface area contributed by atoms with Gasteiger partial charge in [-0.1, -0.05) is 19.1 Å². The van der Waals surface area contributed by atoms with E-state index in [9.17, 15) is 14.7 Å². The van der Waals surface area contributed by atoms with Crippen LogP contribution in [0.15, 0.2) is 60.7 Å². The van der Waals surface area contributed by atoms with Gasteiger partial charge in [0.2, 0.25) is 5.91 Å². The third kappa shape index (κ3) is 6.84. The summed E-state index contributed by atoms with van der Waals surface area (Å²) in [5.74, 6) is 1.05. The molecule has 1 fully saturated rings. The maximum atomic E-state index is 12.6. The smallest absolute Gasteiger partial charge is 0.326 e. The lowest BCUT2D eigenvalue weighted by Gasteiger charge is -2.34. The molecule has 46 heavy (non-hydrogen) atoms. The summed E-state index contributed by atoms with van der Waals surface area (Å²) in [6.45, 7) is 8.38. The monoisotopic (exact) mass is 623 g/mol. The highest BCUT2D eigenvalue weighted by molar-refractivity contribution is 5.87. The maximum absolute atomic E-state index is 12.6. The minimum absolute atomic E-state index is 0.172. The Balaban J connectivity index is 1.11. The number of benzene rings is 3. The second kappa shape index (κ2) is 13.6. The van der Waals surface area contributed by atoms with Crippen LogP contribution in [0.2, 0.25) is 0 Å². The number of amides is 1. The van der Waals surface area contributed by atoms with Crippen molar-refractivity contribution < 1.29 is 19.4 Å². The van der Waals surface area contributed by atoms with Crippen molar-refractivity contribution in [2.24, 2.45) is 0 Å². The predicted octanol–water partition coefficient (Wildman–Crippen LogP) is 5.40. The number of nitrogens with zero attached hydrogens (tertiary/aromatic N) is 5. The van der Waals surface area contributed by atoms with E-state index in [1.54, 1.807) is 6.92 Å². The van der Waals surface area contributed by atoms with Crippen LogP contribution in [0.3, 0.4) is 0 Å². The maximum Gasteiger partial charge on any atom is 0.326 e. The highest BCUT2D eigenvalue weighted by Crippen LogP contribution is 2.29. The molecule has 3 aromatic carbocycles. The number of hydrogen-bond acceptors (Lipinski definition) is 7. The fourth-order valence-corrected chi connectivity index (χ4v) is 5.88. The molecule has 11 heteroatoms. The van der Waals surface area contributed by atoms with Gasteiger partial charge in [0.15, 0.2) is 0 Å². The molecule has 0 saturated carbocycles. The van der Waals surface area contributed by atoms with Gasteiger partial charge in [-0.05, 0) is 75.3 Å². The molecule has 0 unspecified atom stereocenters. The van der Waals surface area contributed by atoms with Crippen LogP contribution in [0, 0.1) is 0 Å². The lowest BCUT2D eigenvalue weighted by Crippen LogP contribution is -2.44. The molecule has 0 radical (unpaired) electrons. The molecular weight excluding hydrogens is 582 g/mol. The van der Waals surface area contributed by atoms with Crippen LogP contribution in [0.25, 0.3) is 44.8 Å². The Morgan fingerprint density at radius 3 is 2.43 bits per heavy atom. The number of fused-ring (bicyclic) bond motifs is 2. The number of carbonyl (C=O) groups excluding carboxylic acids is 1. The van der Waals surface area contributed by atoms with Gasteiger partial charge in [-0.25, -0.2) is 14.8 Å². The Morgan fingerprint density at radius 2 is 1.67 bits per heavy atom. The topological polar surface area (TPSA) is 131 Å². The van der Waals surface area contributed by atoms with Crippen molar-refractivity contribution in [2.45, 2.75) is 39.2 Å². The summed E-state index contributed by atoms with van der Waals surface area (Å²) in [5, 5.41) is 9.33. The van der Waals surface area contributed by atoms with Gasteiger partial charge in [-0.15, -0.1) is 0 Å². The molecule has 2 aromatic heterocycles. The van der Waals surface area contributed by atoms with Gasteiger partial charge in [0.25, 0.3) is 0 Å². The molecule has 1 atom stereocenters. The number of rotatable bonds is 12. The molecule has 0 bridgehead atoms. The van der Waals surface area contributed by atoms with Gasteiger partial charge in [0.05, 0.1) is 28.7 Å². The van der Waals surface area contributed by atoms with Crippen LogP contribution in [-0.2, 0) is 9.59 Å². The van der Waals surface area contributed by atoms with Crippen LogP contribution < -0.4 is 9.64 Å². The molecule has 11 nitrogen and oxygen atoms in total. The summed E-state index contributed by atoms with van der Waals surface area (Å²) >= 11 is 0. The van der Waals surface area contributed by atoms with Crippen molar-refractivity contribution in [2.75, 3.05) is 51.3 Å². The molecule has 1 aliphatic rings. The number of carbonyl (C=O) groups is 2. The van der Waals surface area contributed by atoms with Gasteiger partial charge in [-0.2, -0.15) is 0 Å². The average Bonchev–Trinajstić information content (AvgIpc) is 3.69. The fourth-order valence-electron chi connectivity index (χ4n) is 5.88. The van der Waals surface area contributed by atoms with Crippen LogP contribution in [0.5, 0.6) is 5.75 Å². The third-order valence-electron chi connectivity index (χ3n) is 8.61. The number of H-pyrrole nitrogens is 2. The van der Waals surface area contributed by atoms with Gasteiger partial charge < -0.3 is 34.5 Å². The lowest BCUT2D eigenvalue weighted by atomic mass is 10.2. The Morgan fingerprint density at radius 1 is 0.935 bits per heavy atom. The van der Waals surface area contributed by atoms with E-state index in [1.165, 1.54) is 10.6 Å². The highest BCUT2D eigenvalue weighted by Gasteiger charge is 2.24. The normalized spacial score (nSPS) is 14.5. The van der Waals surface area contributed by atoms with Crippen LogP contribution >= 0.6 is 0 Å².